The van der Waals surface area contributed by atoms with Crippen LogP contribution in [0.25, 0.3) is 10.8 Å². The number of fused-ring (bicyclic) bond motifs is 1. The molecule has 0 aliphatic carbocycles. The Kier molecular flexibility index (Phi) is 4.71. The molecular formula is C18H23N3O. The summed E-state index contributed by atoms with van der Waals surface area (Å²) in [6.07, 6.45) is 1.02. The third kappa shape index (κ3) is 3.29. The van der Waals surface area contributed by atoms with Gasteiger partial charge in [-0.25, -0.2) is 0 Å². The first-order valence-corrected chi connectivity index (χ1v) is 7.95. The lowest BCUT2D eigenvalue weighted by molar-refractivity contribution is 0.0736. The minimum absolute atomic E-state index is 0.141. The average molecular weight is 297 g/mol. The van der Waals surface area contributed by atoms with Gasteiger partial charge in [-0.2, -0.15) is 0 Å². The van der Waals surface area contributed by atoms with Crippen molar-refractivity contribution in [3.63, 3.8) is 0 Å². The highest BCUT2D eigenvalue weighted by Crippen LogP contribution is 2.19. The second-order valence-corrected chi connectivity index (χ2v) is 5.79. The number of hydrogen-bond acceptors (Lipinski definition) is 3. The summed E-state index contributed by atoms with van der Waals surface area (Å²) in [7, 11) is 1.97. The Morgan fingerprint density at radius 2 is 1.86 bits per heavy atom. The second kappa shape index (κ2) is 6.90. The number of rotatable bonds is 4. The smallest absolute Gasteiger partial charge is 0.253 e. The third-order valence-corrected chi connectivity index (χ3v) is 4.22. The van der Waals surface area contributed by atoms with E-state index in [-0.39, 0.29) is 5.91 Å². The Balaban J connectivity index is 1.81. The van der Waals surface area contributed by atoms with Crippen molar-refractivity contribution in [3.05, 3.63) is 47.5 Å². The van der Waals surface area contributed by atoms with E-state index in [1.54, 1.807) is 0 Å². The molecular weight excluding hydrogens is 274 g/mol. The van der Waals surface area contributed by atoms with Crippen molar-refractivity contribution in [1.29, 1.82) is 0 Å². The predicted octanol–water partition coefficient (Wildman–Crippen LogP) is 1.65. The molecule has 1 saturated heterocycles. The molecule has 0 unspecified atom stereocenters. The van der Waals surface area contributed by atoms with Crippen molar-refractivity contribution in [3.8, 4) is 0 Å². The summed E-state index contributed by atoms with van der Waals surface area (Å²) in [6.45, 7) is 4.33. The Bertz CT molecular complexity index is 662. The van der Waals surface area contributed by atoms with Gasteiger partial charge in [0.15, 0.2) is 0 Å². The summed E-state index contributed by atoms with van der Waals surface area (Å²) in [4.78, 5) is 14.5. The number of benzene rings is 2. The van der Waals surface area contributed by atoms with E-state index in [1.807, 2.05) is 24.1 Å². The Hall–Kier alpha value is -1.91. The second-order valence-electron chi connectivity index (χ2n) is 5.79. The van der Waals surface area contributed by atoms with Crippen LogP contribution in [0.3, 0.4) is 0 Å². The highest BCUT2D eigenvalue weighted by atomic mass is 16.2. The molecule has 2 N–H and O–H groups in total. The fraction of sp³-hybridized carbons (Fsp3) is 0.389. The highest BCUT2D eigenvalue weighted by molar-refractivity contribution is 5.98. The molecule has 1 fully saturated rings. The molecule has 0 bridgehead atoms. The molecule has 2 aromatic carbocycles. The maximum Gasteiger partial charge on any atom is 0.253 e. The van der Waals surface area contributed by atoms with Crippen LogP contribution in [0, 0.1) is 0 Å². The van der Waals surface area contributed by atoms with Crippen molar-refractivity contribution in [2.75, 3.05) is 39.8 Å². The molecule has 116 valence electrons. The van der Waals surface area contributed by atoms with Crippen molar-refractivity contribution in [2.45, 2.75) is 6.42 Å². The van der Waals surface area contributed by atoms with Gasteiger partial charge in [-0.1, -0.05) is 24.3 Å². The van der Waals surface area contributed by atoms with Gasteiger partial charge in [-0.15, -0.1) is 0 Å². The van der Waals surface area contributed by atoms with Gasteiger partial charge in [-0.05, 0) is 48.5 Å². The first-order chi connectivity index (χ1) is 10.8. The molecule has 1 heterocycles. The Labute approximate surface area is 131 Å². The Morgan fingerprint density at radius 3 is 2.64 bits per heavy atom. The minimum Gasteiger partial charge on any atom is -0.336 e. The van der Waals surface area contributed by atoms with Gasteiger partial charge in [-0.3, -0.25) is 4.79 Å². The quantitative estimate of drug-likeness (QED) is 0.902. The molecule has 0 spiro atoms. The molecule has 1 aliphatic rings. The fourth-order valence-electron chi connectivity index (χ4n) is 2.90. The van der Waals surface area contributed by atoms with Crippen molar-refractivity contribution in [1.82, 2.24) is 15.5 Å². The van der Waals surface area contributed by atoms with Crippen LogP contribution < -0.4 is 10.6 Å². The number of carbonyl (C=O) groups is 1. The molecule has 1 aliphatic heterocycles. The van der Waals surface area contributed by atoms with Crippen LogP contribution in [0.2, 0.25) is 0 Å². The van der Waals surface area contributed by atoms with E-state index in [1.165, 1.54) is 10.9 Å². The number of piperazine rings is 1. The molecule has 0 radical (unpaired) electrons. The standard InChI is InChI=1S/C18H23N3O/c1-19-7-6-14-2-3-16-13-17(5-4-15(16)12-14)18(22)21-10-8-20-9-11-21/h2-5,12-13,19-20H,6-11H2,1H3. The van der Waals surface area contributed by atoms with Crippen LogP contribution in [-0.2, 0) is 6.42 Å². The molecule has 0 aromatic heterocycles. The van der Waals surface area contributed by atoms with Crippen LogP contribution in [0.1, 0.15) is 15.9 Å². The van der Waals surface area contributed by atoms with Gasteiger partial charge in [0, 0.05) is 31.7 Å². The molecule has 1 amide bonds. The van der Waals surface area contributed by atoms with Gasteiger partial charge in [0.2, 0.25) is 0 Å². The molecule has 0 atom stereocenters. The summed E-state index contributed by atoms with van der Waals surface area (Å²) in [5.41, 5.74) is 2.11. The van der Waals surface area contributed by atoms with E-state index < -0.39 is 0 Å². The SMILES string of the molecule is CNCCc1ccc2cc(C(=O)N3CCNCC3)ccc2c1. The van der Waals surface area contributed by atoms with Gasteiger partial charge >= 0.3 is 0 Å². The van der Waals surface area contributed by atoms with E-state index in [0.717, 1.165) is 50.1 Å². The van der Waals surface area contributed by atoms with E-state index in [2.05, 4.69) is 34.9 Å². The van der Waals surface area contributed by atoms with Crippen LogP contribution >= 0.6 is 0 Å². The monoisotopic (exact) mass is 297 g/mol. The number of nitrogens with zero attached hydrogens (tertiary/aromatic N) is 1. The van der Waals surface area contributed by atoms with Gasteiger partial charge in [0.25, 0.3) is 5.91 Å². The number of likely N-dealkylation sites (N-methyl/N-ethyl adjacent to an activating group) is 1. The number of carbonyl (C=O) groups excluding carboxylic acids is 1. The molecule has 22 heavy (non-hydrogen) atoms. The normalized spacial score (nSPS) is 15.2. The van der Waals surface area contributed by atoms with E-state index in [0.29, 0.717) is 0 Å². The van der Waals surface area contributed by atoms with Crippen LogP contribution in [0.4, 0.5) is 0 Å². The summed E-state index contributed by atoms with van der Waals surface area (Å²) < 4.78 is 0. The third-order valence-electron chi connectivity index (χ3n) is 4.22. The molecule has 3 rings (SSSR count). The lowest BCUT2D eigenvalue weighted by atomic mass is 10.0. The molecule has 4 nitrogen and oxygen atoms in total. The minimum atomic E-state index is 0.141. The zero-order chi connectivity index (χ0) is 15.4. The summed E-state index contributed by atoms with van der Waals surface area (Å²) in [5, 5.41) is 8.78. The largest absolute Gasteiger partial charge is 0.336 e. The average Bonchev–Trinajstić information content (AvgIpc) is 2.59. The van der Waals surface area contributed by atoms with Gasteiger partial charge in [0.05, 0.1) is 0 Å². The lowest BCUT2D eigenvalue weighted by Gasteiger charge is -2.27. The maximum atomic E-state index is 12.5. The molecule has 0 saturated carbocycles. The first kappa shape index (κ1) is 15.0. The van der Waals surface area contributed by atoms with Gasteiger partial charge < -0.3 is 15.5 Å². The van der Waals surface area contributed by atoms with E-state index in [4.69, 9.17) is 0 Å². The summed E-state index contributed by atoms with van der Waals surface area (Å²) in [5.74, 6) is 0.141. The highest BCUT2D eigenvalue weighted by Gasteiger charge is 2.17. The lowest BCUT2D eigenvalue weighted by Crippen LogP contribution is -2.46. The number of hydrogen-bond donors (Lipinski definition) is 2. The summed E-state index contributed by atoms with van der Waals surface area (Å²) in [6, 6.07) is 12.5. The summed E-state index contributed by atoms with van der Waals surface area (Å²) >= 11 is 0. The van der Waals surface area contributed by atoms with Gasteiger partial charge in [0.1, 0.15) is 0 Å². The van der Waals surface area contributed by atoms with Crippen LogP contribution in [0.5, 0.6) is 0 Å². The zero-order valence-corrected chi connectivity index (χ0v) is 13.1. The van der Waals surface area contributed by atoms with Crippen LogP contribution in [0.15, 0.2) is 36.4 Å². The maximum absolute atomic E-state index is 12.5. The first-order valence-electron chi connectivity index (χ1n) is 7.95. The van der Waals surface area contributed by atoms with E-state index in [9.17, 15) is 4.79 Å². The number of amides is 1. The fourth-order valence-corrected chi connectivity index (χ4v) is 2.90. The van der Waals surface area contributed by atoms with Crippen molar-refractivity contribution in [2.24, 2.45) is 0 Å². The topological polar surface area (TPSA) is 44.4 Å². The zero-order valence-electron chi connectivity index (χ0n) is 13.1. The van der Waals surface area contributed by atoms with Crippen LogP contribution in [-0.4, -0.2) is 50.6 Å². The predicted molar refractivity (Wildman–Crippen MR) is 90.4 cm³/mol. The van der Waals surface area contributed by atoms with Crippen molar-refractivity contribution >= 4 is 16.7 Å². The van der Waals surface area contributed by atoms with E-state index >= 15 is 0 Å². The van der Waals surface area contributed by atoms with Crippen molar-refractivity contribution < 1.29 is 4.79 Å². The molecule has 4 heteroatoms. The number of nitrogens with one attached hydrogen (secondary N) is 2. The molecule has 2 aromatic rings. The Morgan fingerprint density at radius 1 is 1.14 bits per heavy atom.